The molecule has 2 aliphatic carbocycles. The molecule has 0 aromatic carbocycles. The Kier molecular flexibility index (Phi) is 17.7. The molecule has 242 valence electrons. The van der Waals surface area contributed by atoms with E-state index in [4.69, 9.17) is 9.47 Å². The maximum Gasteiger partial charge on any atom is 0.0603 e. The van der Waals surface area contributed by atoms with Gasteiger partial charge >= 0.3 is 0 Å². The fraction of sp³-hybridized carbons (Fsp3) is 1.00. The quantitative estimate of drug-likeness (QED) is 0.395. The monoisotopic (exact) mass is 581 g/mol. The third-order valence-electron chi connectivity index (χ3n) is 10.1. The summed E-state index contributed by atoms with van der Waals surface area (Å²) < 4.78 is 11.2. The number of hydrogen-bond donors (Lipinski definition) is 3. The van der Waals surface area contributed by atoms with Crippen LogP contribution in [0.1, 0.15) is 104 Å². The Morgan fingerprint density at radius 1 is 0.634 bits per heavy atom. The van der Waals surface area contributed by atoms with Gasteiger partial charge in [0.25, 0.3) is 0 Å². The summed E-state index contributed by atoms with van der Waals surface area (Å²) in [6, 6.07) is 0. The number of hydrogen-bond acceptors (Lipinski definition) is 7. The number of aliphatic hydroxyl groups excluding tert-OH is 1. The van der Waals surface area contributed by atoms with E-state index in [2.05, 4.69) is 27.4 Å². The van der Waals surface area contributed by atoms with Gasteiger partial charge in [-0.25, -0.2) is 0 Å². The van der Waals surface area contributed by atoms with Crippen LogP contribution in [0, 0.1) is 17.8 Å². The van der Waals surface area contributed by atoms with Crippen LogP contribution in [0.5, 0.6) is 0 Å². The first-order valence-electron chi connectivity index (χ1n) is 17.8. The van der Waals surface area contributed by atoms with Gasteiger partial charge < -0.3 is 35.0 Å². The number of rotatable bonds is 7. The average Bonchev–Trinajstić information content (AvgIpc) is 2.97. The standard InChI is InChI=1S/C16H30N2O.C11H22N2O.C5H10O.C2H6/c1-13-10-16(11-13)19-15-4-8-18(9-5-15)12-14-2-6-17-7-3-14;14-11-3-7-13(8-4-11)9-10-1-5-12-6-2-10;1-6-5-3-2-4-5;1-2/h13-17H,2-12H2,1H3;10-12,14H,1-9H2;5H,2-4H2,1H3;1-2H3. The minimum Gasteiger partial charge on any atom is -0.393 e. The Morgan fingerprint density at radius 2 is 1.10 bits per heavy atom. The lowest BCUT2D eigenvalue weighted by molar-refractivity contribution is -0.0913. The third kappa shape index (κ3) is 13.9. The lowest BCUT2D eigenvalue weighted by Crippen LogP contribution is -2.43. The van der Waals surface area contributed by atoms with Crippen molar-refractivity contribution >= 4 is 0 Å². The molecule has 7 nitrogen and oxygen atoms in total. The predicted molar refractivity (Wildman–Crippen MR) is 172 cm³/mol. The number of methoxy groups -OCH3 is 1. The van der Waals surface area contributed by atoms with E-state index in [0.29, 0.717) is 18.3 Å². The summed E-state index contributed by atoms with van der Waals surface area (Å²) in [5, 5.41) is 16.3. The second-order valence-corrected chi connectivity index (χ2v) is 13.5. The number of ether oxygens (including phenoxy) is 2. The van der Waals surface area contributed by atoms with Crippen molar-refractivity contribution in [2.75, 3.05) is 72.6 Å². The molecule has 0 aromatic rings. The fourth-order valence-electron chi connectivity index (χ4n) is 7.01. The molecule has 0 amide bonds. The molecule has 6 fully saturated rings. The Bertz CT molecular complexity index is 615. The van der Waals surface area contributed by atoms with Crippen LogP contribution in [0.3, 0.4) is 0 Å². The second kappa shape index (κ2) is 20.6. The van der Waals surface area contributed by atoms with Crippen molar-refractivity contribution < 1.29 is 14.6 Å². The van der Waals surface area contributed by atoms with Gasteiger partial charge in [-0.05, 0) is 127 Å². The summed E-state index contributed by atoms with van der Waals surface area (Å²) in [5.74, 6) is 2.74. The molecule has 6 aliphatic rings. The molecule has 2 saturated carbocycles. The zero-order valence-electron chi connectivity index (χ0n) is 27.5. The predicted octanol–water partition coefficient (Wildman–Crippen LogP) is 4.92. The maximum atomic E-state index is 9.40. The summed E-state index contributed by atoms with van der Waals surface area (Å²) in [5.41, 5.74) is 0. The first kappa shape index (κ1) is 35.2. The lowest BCUT2D eigenvalue weighted by Gasteiger charge is -2.40. The Hall–Kier alpha value is -0.280. The van der Waals surface area contributed by atoms with Crippen molar-refractivity contribution in [2.45, 2.75) is 129 Å². The van der Waals surface area contributed by atoms with Crippen LogP contribution in [0.15, 0.2) is 0 Å². The van der Waals surface area contributed by atoms with Gasteiger partial charge in [0, 0.05) is 46.4 Å². The molecule has 3 N–H and O–H groups in total. The van der Waals surface area contributed by atoms with E-state index in [-0.39, 0.29) is 6.10 Å². The average molecular weight is 581 g/mol. The van der Waals surface area contributed by atoms with Crippen LogP contribution in [-0.2, 0) is 9.47 Å². The summed E-state index contributed by atoms with van der Waals surface area (Å²) in [7, 11) is 1.78. The topological polar surface area (TPSA) is 69.2 Å². The minimum absolute atomic E-state index is 0.0285. The maximum absolute atomic E-state index is 9.40. The number of nitrogens with one attached hydrogen (secondary N) is 2. The van der Waals surface area contributed by atoms with Gasteiger partial charge in [0.2, 0.25) is 0 Å². The zero-order valence-corrected chi connectivity index (χ0v) is 27.5. The first-order chi connectivity index (χ1) is 20.1. The molecule has 6 rings (SSSR count). The Balaban J connectivity index is 0.000000184. The van der Waals surface area contributed by atoms with E-state index in [1.54, 1.807) is 7.11 Å². The highest BCUT2D eigenvalue weighted by molar-refractivity contribution is 4.82. The van der Waals surface area contributed by atoms with Crippen molar-refractivity contribution in [2.24, 2.45) is 17.8 Å². The Morgan fingerprint density at radius 3 is 1.46 bits per heavy atom. The Labute approximate surface area is 253 Å². The van der Waals surface area contributed by atoms with Crippen LogP contribution in [0.4, 0.5) is 0 Å². The van der Waals surface area contributed by atoms with Gasteiger partial charge in [0.1, 0.15) is 0 Å². The number of piperidine rings is 4. The molecule has 0 atom stereocenters. The highest BCUT2D eigenvalue weighted by atomic mass is 16.5. The van der Waals surface area contributed by atoms with Crippen LogP contribution in [-0.4, -0.2) is 112 Å². The minimum atomic E-state index is -0.0285. The van der Waals surface area contributed by atoms with Gasteiger partial charge in [-0.2, -0.15) is 0 Å². The van der Waals surface area contributed by atoms with Gasteiger partial charge in [0.05, 0.1) is 24.4 Å². The molecule has 4 saturated heterocycles. The third-order valence-corrected chi connectivity index (χ3v) is 10.1. The van der Waals surface area contributed by atoms with Gasteiger partial charge in [0.15, 0.2) is 0 Å². The summed E-state index contributed by atoms with van der Waals surface area (Å²) >= 11 is 0. The highest BCUT2D eigenvalue weighted by Crippen LogP contribution is 2.32. The number of aliphatic hydroxyl groups is 1. The van der Waals surface area contributed by atoms with Crippen molar-refractivity contribution in [1.82, 2.24) is 20.4 Å². The molecule has 7 heteroatoms. The molecule has 4 aliphatic heterocycles. The normalized spacial score (nSPS) is 29.5. The van der Waals surface area contributed by atoms with Crippen molar-refractivity contribution in [3.05, 3.63) is 0 Å². The molecule has 0 bridgehead atoms. The van der Waals surface area contributed by atoms with Gasteiger partial charge in [-0.15, -0.1) is 0 Å². The summed E-state index contributed by atoms with van der Waals surface area (Å²) in [4.78, 5) is 5.21. The van der Waals surface area contributed by atoms with Crippen molar-refractivity contribution in [1.29, 1.82) is 0 Å². The van der Waals surface area contributed by atoms with E-state index in [1.165, 1.54) is 123 Å². The lowest BCUT2D eigenvalue weighted by atomic mass is 9.84. The van der Waals surface area contributed by atoms with Crippen LogP contribution >= 0.6 is 0 Å². The smallest absolute Gasteiger partial charge is 0.0603 e. The molecule has 4 heterocycles. The molecule has 0 aromatic heterocycles. The largest absolute Gasteiger partial charge is 0.393 e. The van der Waals surface area contributed by atoms with Crippen molar-refractivity contribution in [3.63, 3.8) is 0 Å². The first-order valence-corrected chi connectivity index (χ1v) is 17.8. The fourth-order valence-corrected chi connectivity index (χ4v) is 7.01. The molecular formula is C34H68N4O3. The molecule has 0 unspecified atom stereocenters. The van der Waals surface area contributed by atoms with Crippen LogP contribution < -0.4 is 10.6 Å². The molecule has 0 spiro atoms. The van der Waals surface area contributed by atoms with E-state index >= 15 is 0 Å². The van der Waals surface area contributed by atoms with E-state index in [1.807, 2.05) is 13.8 Å². The van der Waals surface area contributed by atoms with Crippen LogP contribution in [0.25, 0.3) is 0 Å². The molecule has 41 heavy (non-hydrogen) atoms. The summed E-state index contributed by atoms with van der Waals surface area (Å²) in [6.45, 7) is 18.5. The number of nitrogens with zero attached hydrogens (tertiary/aromatic N) is 2. The SMILES string of the molecule is CC.CC1CC(OC2CCN(CC3CCNCC3)CC2)C1.COC1CCC1.OC1CCN(CC2CCNCC2)CC1. The van der Waals surface area contributed by atoms with Gasteiger partial charge in [-0.1, -0.05) is 20.8 Å². The second-order valence-electron chi connectivity index (χ2n) is 13.5. The zero-order chi connectivity index (χ0) is 29.3. The van der Waals surface area contributed by atoms with E-state index in [0.717, 1.165) is 43.7 Å². The number of likely N-dealkylation sites (tertiary alicyclic amines) is 2. The molecular weight excluding hydrogens is 512 g/mol. The van der Waals surface area contributed by atoms with Crippen LogP contribution in [0.2, 0.25) is 0 Å². The highest BCUT2D eigenvalue weighted by Gasteiger charge is 2.30. The molecule has 0 radical (unpaired) electrons. The van der Waals surface area contributed by atoms with E-state index in [9.17, 15) is 5.11 Å². The summed E-state index contributed by atoms with van der Waals surface area (Å²) in [6.07, 6.45) is 18.2. The van der Waals surface area contributed by atoms with Gasteiger partial charge in [-0.3, -0.25) is 0 Å². The van der Waals surface area contributed by atoms with Crippen molar-refractivity contribution in [3.8, 4) is 0 Å². The van der Waals surface area contributed by atoms with E-state index < -0.39 is 0 Å².